The zero-order valence-electron chi connectivity index (χ0n) is 13.5. The maximum atomic E-state index is 9.53. The first kappa shape index (κ1) is 15.0. The third kappa shape index (κ3) is 2.71. The number of benzene rings is 1. The summed E-state index contributed by atoms with van der Waals surface area (Å²) in [5, 5.41) is 10.6. The second-order valence-electron chi connectivity index (χ2n) is 6.13. The van der Waals surface area contributed by atoms with Crippen molar-refractivity contribution in [1.29, 1.82) is 0 Å². The molecule has 0 bridgehead atoms. The number of aromatic nitrogens is 3. The molecule has 0 radical (unpaired) electrons. The van der Waals surface area contributed by atoms with Crippen molar-refractivity contribution in [2.24, 2.45) is 0 Å². The maximum absolute atomic E-state index is 9.53. The second-order valence-corrected chi connectivity index (χ2v) is 6.13. The van der Waals surface area contributed by atoms with Crippen molar-refractivity contribution >= 4 is 16.7 Å². The fourth-order valence-corrected chi connectivity index (χ4v) is 3.17. The molecule has 1 aliphatic carbocycles. The van der Waals surface area contributed by atoms with E-state index < -0.39 is 0 Å². The van der Waals surface area contributed by atoms with Gasteiger partial charge in [0, 0.05) is 35.9 Å². The van der Waals surface area contributed by atoms with Gasteiger partial charge in [0.1, 0.15) is 5.82 Å². The van der Waals surface area contributed by atoms with E-state index in [2.05, 4.69) is 16.0 Å². The molecule has 0 amide bonds. The third-order valence-electron chi connectivity index (χ3n) is 4.63. The summed E-state index contributed by atoms with van der Waals surface area (Å²) in [5.74, 6) is 1.59. The van der Waals surface area contributed by atoms with E-state index in [9.17, 15) is 5.11 Å². The Kier molecular flexibility index (Phi) is 4.09. The molecule has 2 aromatic heterocycles. The Hall–Kier alpha value is -2.53. The van der Waals surface area contributed by atoms with Gasteiger partial charge in [-0.3, -0.25) is 4.98 Å². The molecule has 5 nitrogen and oxygen atoms in total. The van der Waals surface area contributed by atoms with Gasteiger partial charge in [0.2, 0.25) is 0 Å². The van der Waals surface area contributed by atoms with Gasteiger partial charge in [0.15, 0.2) is 5.82 Å². The van der Waals surface area contributed by atoms with Crippen LogP contribution in [-0.2, 0) is 0 Å². The second kappa shape index (κ2) is 6.53. The zero-order valence-corrected chi connectivity index (χ0v) is 13.5. The lowest BCUT2D eigenvalue weighted by molar-refractivity contribution is 0.283. The summed E-state index contributed by atoms with van der Waals surface area (Å²) in [6.45, 7) is 0.717. The van der Waals surface area contributed by atoms with Crippen LogP contribution in [0.4, 0.5) is 5.82 Å². The largest absolute Gasteiger partial charge is 0.395 e. The molecule has 5 heteroatoms. The zero-order chi connectivity index (χ0) is 16.4. The molecule has 0 atom stereocenters. The van der Waals surface area contributed by atoms with Crippen LogP contribution in [0.1, 0.15) is 19.3 Å². The van der Waals surface area contributed by atoms with E-state index in [0.29, 0.717) is 18.4 Å². The van der Waals surface area contributed by atoms with E-state index in [1.54, 1.807) is 12.4 Å². The van der Waals surface area contributed by atoms with E-state index in [-0.39, 0.29) is 6.61 Å². The first-order valence-electron chi connectivity index (χ1n) is 8.41. The Morgan fingerprint density at radius 2 is 1.96 bits per heavy atom. The monoisotopic (exact) mass is 320 g/mol. The van der Waals surface area contributed by atoms with Gasteiger partial charge < -0.3 is 10.0 Å². The summed E-state index contributed by atoms with van der Waals surface area (Å²) in [7, 11) is 0. The fraction of sp³-hybridized carbons (Fsp3) is 0.316. The normalized spacial score (nSPS) is 14.5. The Morgan fingerprint density at radius 3 is 2.67 bits per heavy atom. The van der Waals surface area contributed by atoms with E-state index in [1.807, 2.05) is 30.3 Å². The number of aliphatic hydroxyl groups excluding tert-OH is 1. The topological polar surface area (TPSA) is 62.1 Å². The molecule has 122 valence electrons. The molecule has 1 aromatic carbocycles. The van der Waals surface area contributed by atoms with Crippen LogP contribution in [0.2, 0.25) is 0 Å². The summed E-state index contributed by atoms with van der Waals surface area (Å²) in [4.78, 5) is 16.0. The van der Waals surface area contributed by atoms with Gasteiger partial charge in [0.25, 0.3) is 0 Å². The number of fused-ring (bicyclic) bond motifs is 1. The van der Waals surface area contributed by atoms with E-state index in [0.717, 1.165) is 35.1 Å². The number of hydrogen-bond donors (Lipinski definition) is 1. The van der Waals surface area contributed by atoms with E-state index >= 15 is 0 Å². The van der Waals surface area contributed by atoms with Gasteiger partial charge >= 0.3 is 0 Å². The molecule has 1 N–H and O–H groups in total. The van der Waals surface area contributed by atoms with Gasteiger partial charge in [-0.1, -0.05) is 12.1 Å². The Bertz CT molecular complexity index is 833. The lowest BCUT2D eigenvalue weighted by atomic mass is 9.91. The van der Waals surface area contributed by atoms with Crippen LogP contribution < -0.4 is 4.90 Å². The molecule has 24 heavy (non-hydrogen) atoms. The first-order chi connectivity index (χ1) is 11.9. The molecule has 0 spiro atoms. The van der Waals surface area contributed by atoms with Crippen LogP contribution in [-0.4, -0.2) is 39.3 Å². The van der Waals surface area contributed by atoms with Gasteiger partial charge in [-0.25, -0.2) is 9.97 Å². The minimum Gasteiger partial charge on any atom is -0.395 e. The molecule has 2 heterocycles. The molecule has 3 aromatic rings. The molecule has 1 fully saturated rings. The Labute approximate surface area is 141 Å². The molecule has 0 saturated heterocycles. The van der Waals surface area contributed by atoms with Crippen LogP contribution >= 0.6 is 0 Å². The number of pyridine rings is 1. The Morgan fingerprint density at radius 1 is 1.08 bits per heavy atom. The summed E-state index contributed by atoms with van der Waals surface area (Å²) in [6.07, 6.45) is 7.08. The van der Waals surface area contributed by atoms with Crippen LogP contribution in [0.25, 0.3) is 22.3 Å². The van der Waals surface area contributed by atoms with Crippen molar-refractivity contribution in [3.05, 3.63) is 48.8 Å². The van der Waals surface area contributed by atoms with Crippen LogP contribution in [0.3, 0.4) is 0 Å². The number of anilines is 1. The Balaban J connectivity index is 1.88. The summed E-state index contributed by atoms with van der Waals surface area (Å²) < 4.78 is 0. The highest BCUT2D eigenvalue weighted by molar-refractivity contribution is 5.91. The van der Waals surface area contributed by atoms with Gasteiger partial charge in [-0.15, -0.1) is 0 Å². The van der Waals surface area contributed by atoms with Crippen LogP contribution in [0.15, 0.2) is 48.8 Å². The predicted octanol–water partition coefficient (Wildman–Crippen LogP) is 3.04. The number of hydrogen-bond acceptors (Lipinski definition) is 5. The van der Waals surface area contributed by atoms with Gasteiger partial charge in [-0.05, 0) is 43.5 Å². The summed E-state index contributed by atoms with van der Waals surface area (Å²) in [5.41, 5.74) is 1.82. The van der Waals surface area contributed by atoms with Crippen molar-refractivity contribution in [1.82, 2.24) is 15.0 Å². The predicted molar refractivity (Wildman–Crippen MR) is 94.8 cm³/mol. The molecular formula is C19H20N4O. The van der Waals surface area contributed by atoms with Crippen molar-refractivity contribution in [2.45, 2.75) is 25.3 Å². The molecule has 1 saturated carbocycles. The average Bonchev–Trinajstić information content (AvgIpc) is 2.60. The minimum absolute atomic E-state index is 0.122. The van der Waals surface area contributed by atoms with Gasteiger partial charge in [-0.2, -0.15) is 0 Å². The van der Waals surface area contributed by atoms with Crippen molar-refractivity contribution < 1.29 is 5.11 Å². The van der Waals surface area contributed by atoms with E-state index in [1.165, 1.54) is 6.42 Å². The quantitative estimate of drug-likeness (QED) is 0.783. The summed E-state index contributed by atoms with van der Waals surface area (Å²) in [6, 6.07) is 12.4. The smallest absolute Gasteiger partial charge is 0.163 e. The molecule has 0 unspecified atom stereocenters. The highest BCUT2D eigenvalue weighted by atomic mass is 16.3. The average molecular weight is 320 g/mol. The standard InChI is InChI=1S/C19H20N4O/c24-12-11-23(15-6-3-7-15)19-16-8-1-2-9-17(16)21-18(22-19)14-5-4-10-20-13-14/h1-2,4-5,8-10,13,15,24H,3,6-7,11-12H2. The van der Waals surface area contributed by atoms with E-state index in [4.69, 9.17) is 9.97 Å². The highest BCUT2D eigenvalue weighted by Gasteiger charge is 2.27. The molecular weight excluding hydrogens is 300 g/mol. The van der Waals surface area contributed by atoms with Crippen molar-refractivity contribution in [3.8, 4) is 11.4 Å². The van der Waals surface area contributed by atoms with Crippen molar-refractivity contribution in [2.75, 3.05) is 18.1 Å². The fourth-order valence-electron chi connectivity index (χ4n) is 3.17. The molecule has 1 aliphatic rings. The minimum atomic E-state index is 0.122. The third-order valence-corrected chi connectivity index (χ3v) is 4.63. The molecule has 4 rings (SSSR count). The number of aliphatic hydroxyl groups is 1. The lowest BCUT2D eigenvalue weighted by Crippen LogP contribution is -2.42. The first-order valence-corrected chi connectivity index (χ1v) is 8.41. The number of rotatable bonds is 5. The number of para-hydroxylation sites is 1. The van der Waals surface area contributed by atoms with Crippen molar-refractivity contribution in [3.63, 3.8) is 0 Å². The highest BCUT2D eigenvalue weighted by Crippen LogP contribution is 2.33. The van der Waals surface area contributed by atoms with Crippen LogP contribution in [0.5, 0.6) is 0 Å². The SMILES string of the molecule is OCCN(c1nc(-c2cccnc2)nc2ccccc12)C1CCC1. The number of nitrogens with zero attached hydrogens (tertiary/aromatic N) is 4. The maximum Gasteiger partial charge on any atom is 0.163 e. The van der Waals surface area contributed by atoms with Gasteiger partial charge in [0.05, 0.1) is 12.1 Å². The molecule has 0 aliphatic heterocycles. The lowest BCUT2D eigenvalue weighted by Gasteiger charge is -2.38. The van der Waals surface area contributed by atoms with Crippen LogP contribution in [0, 0.1) is 0 Å². The summed E-state index contributed by atoms with van der Waals surface area (Å²) >= 11 is 0.